The molecule has 0 amide bonds. The van der Waals surface area contributed by atoms with Gasteiger partial charge in [0, 0.05) is 10.0 Å². The van der Waals surface area contributed by atoms with Gasteiger partial charge in [-0.25, -0.2) is 17.5 Å². The van der Waals surface area contributed by atoms with Crippen LogP contribution in [0.25, 0.3) is 0 Å². The summed E-state index contributed by atoms with van der Waals surface area (Å²) in [4.78, 5) is 0. The lowest BCUT2D eigenvalue weighted by Crippen LogP contribution is -2.54. The van der Waals surface area contributed by atoms with Crippen LogP contribution in [0.5, 0.6) is 0 Å². The molecule has 1 aliphatic carbocycles. The van der Waals surface area contributed by atoms with E-state index in [2.05, 4.69) is 20.7 Å². The molecular formula is C12H16BrFN2O2S. The maximum absolute atomic E-state index is 14.0. The Balaban J connectivity index is 2.58. The van der Waals surface area contributed by atoms with Crippen LogP contribution in [0, 0.1) is 5.82 Å². The highest BCUT2D eigenvalue weighted by Gasteiger charge is 2.65. The minimum atomic E-state index is -3.58. The molecule has 0 heterocycles. The van der Waals surface area contributed by atoms with Gasteiger partial charge in [-0.3, -0.25) is 0 Å². The van der Waals surface area contributed by atoms with Crippen molar-refractivity contribution in [3.63, 3.8) is 0 Å². The number of nitrogens with two attached hydrogens (primary N) is 1. The van der Waals surface area contributed by atoms with Crippen molar-refractivity contribution in [1.82, 2.24) is 4.72 Å². The molecule has 3 N–H and O–H groups in total. The van der Waals surface area contributed by atoms with Crippen molar-refractivity contribution in [1.29, 1.82) is 0 Å². The second kappa shape index (κ2) is 4.51. The van der Waals surface area contributed by atoms with E-state index < -0.39 is 26.1 Å². The van der Waals surface area contributed by atoms with E-state index in [0.29, 0.717) is 17.3 Å². The average Bonchev–Trinajstić information content (AvgIpc) is 3.14. The standard InChI is InChI=1S/C12H16BrFN2O2S/c1-11(15,9-7-8(13)3-4-10(9)14)12(5-6-12)19(17,18)16-2/h3-4,7,16H,5-6,15H2,1-2H3. The van der Waals surface area contributed by atoms with Crippen LogP contribution in [-0.2, 0) is 15.6 Å². The second-order valence-electron chi connectivity index (χ2n) is 5.03. The Morgan fingerprint density at radius 1 is 1.47 bits per heavy atom. The Labute approximate surface area is 120 Å². The van der Waals surface area contributed by atoms with E-state index in [1.165, 1.54) is 13.1 Å². The van der Waals surface area contributed by atoms with Crippen molar-refractivity contribution < 1.29 is 12.8 Å². The molecule has 1 saturated carbocycles. The van der Waals surface area contributed by atoms with Crippen LogP contribution < -0.4 is 10.5 Å². The van der Waals surface area contributed by atoms with Gasteiger partial charge < -0.3 is 5.73 Å². The van der Waals surface area contributed by atoms with Gasteiger partial charge in [0.2, 0.25) is 10.0 Å². The van der Waals surface area contributed by atoms with Crippen LogP contribution in [0.3, 0.4) is 0 Å². The van der Waals surface area contributed by atoms with Gasteiger partial charge in [0.05, 0.1) is 5.54 Å². The first-order chi connectivity index (χ1) is 8.68. The Hall–Kier alpha value is -0.500. The van der Waals surface area contributed by atoms with Gasteiger partial charge in [0.25, 0.3) is 0 Å². The van der Waals surface area contributed by atoms with Crippen LogP contribution in [0.1, 0.15) is 25.3 Å². The van der Waals surface area contributed by atoms with E-state index in [1.807, 2.05) is 0 Å². The fourth-order valence-corrected chi connectivity index (χ4v) is 4.58. The molecule has 0 aliphatic heterocycles. The highest BCUT2D eigenvalue weighted by atomic mass is 79.9. The Bertz CT molecular complexity index is 612. The maximum Gasteiger partial charge on any atom is 0.219 e. The molecule has 106 valence electrons. The maximum atomic E-state index is 14.0. The largest absolute Gasteiger partial charge is 0.320 e. The molecule has 0 saturated heterocycles. The molecule has 1 unspecified atom stereocenters. The Morgan fingerprint density at radius 2 is 2.05 bits per heavy atom. The first-order valence-electron chi connectivity index (χ1n) is 5.85. The normalized spacial score (nSPS) is 20.9. The molecule has 1 aromatic rings. The van der Waals surface area contributed by atoms with Crippen molar-refractivity contribution in [2.24, 2.45) is 5.73 Å². The third kappa shape index (κ3) is 2.12. The molecule has 19 heavy (non-hydrogen) atoms. The smallest absolute Gasteiger partial charge is 0.219 e. The lowest BCUT2D eigenvalue weighted by atomic mass is 9.87. The molecule has 0 spiro atoms. The Morgan fingerprint density at radius 3 is 2.53 bits per heavy atom. The van der Waals surface area contributed by atoms with Crippen molar-refractivity contribution in [2.75, 3.05) is 7.05 Å². The molecule has 1 fully saturated rings. The molecule has 4 nitrogen and oxygen atoms in total. The summed E-state index contributed by atoms with van der Waals surface area (Å²) >= 11 is 3.26. The van der Waals surface area contributed by atoms with E-state index in [9.17, 15) is 12.8 Å². The third-order valence-corrected chi connectivity index (χ3v) is 6.81. The highest BCUT2D eigenvalue weighted by molar-refractivity contribution is 9.10. The van der Waals surface area contributed by atoms with Crippen LogP contribution in [0.2, 0.25) is 0 Å². The summed E-state index contributed by atoms with van der Waals surface area (Å²) in [6.45, 7) is 1.57. The topological polar surface area (TPSA) is 72.2 Å². The quantitative estimate of drug-likeness (QED) is 0.870. The summed E-state index contributed by atoms with van der Waals surface area (Å²) in [5.41, 5.74) is 5.15. The highest BCUT2D eigenvalue weighted by Crippen LogP contribution is 2.54. The van der Waals surface area contributed by atoms with Gasteiger partial charge in [0.1, 0.15) is 10.6 Å². The monoisotopic (exact) mass is 350 g/mol. The van der Waals surface area contributed by atoms with E-state index in [1.54, 1.807) is 19.1 Å². The summed E-state index contributed by atoms with van der Waals surface area (Å²) in [7, 11) is -2.23. The fourth-order valence-electron chi connectivity index (χ4n) is 2.52. The molecule has 1 atom stereocenters. The number of rotatable bonds is 4. The van der Waals surface area contributed by atoms with Crippen molar-refractivity contribution >= 4 is 26.0 Å². The zero-order valence-electron chi connectivity index (χ0n) is 10.7. The van der Waals surface area contributed by atoms with Crippen LogP contribution in [0.15, 0.2) is 22.7 Å². The number of halogens is 2. The number of nitrogens with one attached hydrogen (secondary N) is 1. The number of sulfonamides is 1. The third-order valence-electron chi connectivity index (χ3n) is 3.92. The summed E-state index contributed by atoms with van der Waals surface area (Å²) in [5, 5.41) is 0. The van der Waals surface area contributed by atoms with Gasteiger partial charge >= 0.3 is 0 Å². The van der Waals surface area contributed by atoms with Gasteiger partial charge in [-0.05, 0) is 45.0 Å². The molecule has 1 aliphatic rings. The van der Waals surface area contributed by atoms with Crippen LogP contribution in [-0.4, -0.2) is 20.2 Å². The molecule has 0 bridgehead atoms. The van der Waals surface area contributed by atoms with Gasteiger partial charge in [-0.1, -0.05) is 15.9 Å². The minimum Gasteiger partial charge on any atom is -0.320 e. The number of hydrogen-bond donors (Lipinski definition) is 2. The zero-order chi connectivity index (χ0) is 14.5. The number of hydrogen-bond acceptors (Lipinski definition) is 3. The second-order valence-corrected chi connectivity index (χ2v) is 8.14. The van der Waals surface area contributed by atoms with Crippen LogP contribution in [0.4, 0.5) is 4.39 Å². The van der Waals surface area contributed by atoms with Gasteiger partial charge in [-0.2, -0.15) is 0 Å². The van der Waals surface area contributed by atoms with Crippen molar-refractivity contribution in [2.45, 2.75) is 30.1 Å². The summed E-state index contributed by atoms with van der Waals surface area (Å²) in [6, 6.07) is 4.38. The van der Waals surface area contributed by atoms with Crippen molar-refractivity contribution in [3.8, 4) is 0 Å². The average molecular weight is 351 g/mol. The molecule has 1 aromatic carbocycles. The molecule has 7 heteroatoms. The molecule has 0 radical (unpaired) electrons. The first kappa shape index (κ1) is 14.9. The summed E-state index contributed by atoms with van der Waals surface area (Å²) < 4.78 is 40.2. The van der Waals surface area contributed by atoms with Gasteiger partial charge in [-0.15, -0.1) is 0 Å². The summed E-state index contributed by atoms with van der Waals surface area (Å²) in [6.07, 6.45) is 0.851. The van der Waals surface area contributed by atoms with E-state index >= 15 is 0 Å². The lowest BCUT2D eigenvalue weighted by molar-refractivity contribution is 0.407. The van der Waals surface area contributed by atoms with Gasteiger partial charge in [0.15, 0.2) is 0 Å². The van der Waals surface area contributed by atoms with Crippen molar-refractivity contribution in [3.05, 3.63) is 34.1 Å². The number of benzene rings is 1. The fraction of sp³-hybridized carbons (Fsp3) is 0.500. The molecule has 0 aromatic heterocycles. The molecule has 2 rings (SSSR count). The lowest BCUT2D eigenvalue weighted by Gasteiger charge is -2.34. The first-order valence-corrected chi connectivity index (χ1v) is 8.13. The van der Waals surface area contributed by atoms with E-state index in [0.717, 1.165) is 0 Å². The Kier molecular flexibility index (Phi) is 3.54. The van der Waals surface area contributed by atoms with E-state index in [4.69, 9.17) is 5.73 Å². The predicted octanol–water partition coefficient (Wildman–Crippen LogP) is 1.84. The predicted molar refractivity (Wildman–Crippen MR) is 75.6 cm³/mol. The van der Waals surface area contributed by atoms with Crippen LogP contribution >= 0.6 is 15.9 Å². The molecular weight excluding hydrogens is 335 g/mol. The summed E-state index contributed by atoms with van der Waals surface area (Å²) in [5.74, 6) is -0.495. The zero-order valence-corrected chi connectivity index (χ0v) is 13.1. The SMILES string of the molecule is CNS(=O)(=O)C1(C(C)(N)c2cc(Br)ccc2F)CC1. The minimum absolute atomic E-state index is 0.207. The van der Waals surface area contributed by atoms with E-state index in [-0.39, 0.29) is 5.56 Å².